The third kappa shape index (κ3) is 3.81. The van der Waals surface area contributed by atoms with Crippen LogP contribution in [0, 0.1) is 13.8 Å². The zero-order chi connectivity index (χ0) is 21.4. The number of aromatic nitrogens is 2. The Kier molecular flexibility index (Phi) is 5.32. The number of piperidine rings is 1. The molecule has 1 fully saturated rings. The highest BCUT2D eigenvalue weighted by atomic mass is 16.2. The van der Waals surface area contributed by atoms with E-state index >= 15 is 0 Å². The first-order valence-corrected chi connectivity index (χ1v) is 10.4. The van der Waals surface area contributed by atoms with Gasteiger partial charge in [0.15, 0.2) is 0 Å². The zero-order valence-electron chi connectivity index (χ0n) is 17.5. The van der Waals surface area contributed by atoms with Crippen molar-refractivity contribution in [2.45, 2.75) is 58.4 Å². The van der Waals surface area contributed by atoms with Gasteiger partial charge >= 0.3 is 0 Å². The molecule has 0 bridgehead atoms. The van der Waals surface area contributed by atoms with Crippen molar-refractivity contribution in [2.24, 2.45) is 0 Å². The van der Waals surface area contributed by atoms with E-state index in [9.17, 15) is 14.4 Å². The molecule has 0 spiro atoms. The Bertz CT molecular complexity index is 1060. The van der Waals surface area contributed by atoms with Crippen molar-refractivity contribution in [3.8, 4) is 0 Å². The summed E-state index contributed by atoms with van der Waals surface area (Å²) in [6, 6.07) is 5.86. The number of benzene rings is 1. The molecule has 8 heteroatoms. The van der Waals surface area contributed by atoms with Crippen molar-refractivity contribution >= 4 is 29.3 Å². The number of aryl methyl sites for hydroxylation is 2. The fourth-order valence-electron chi connectivity index (χ4n) is 4.18. The predicted molar refractivity (Wildman–Crippen MR) is 116 cm³/mol. The fourth-order valence-corrected chi connectivity index (χ4v) is 4.18. The molecule has 3 heterocycles. The Balaban J connectivity index is 1.65. The van der Waals surface area contributed by atoms with Crippen LogP contribution in [0.3, 0.4) is 0 Å². The molecule has 30 heavy (non-hydrogen) atoms. The molecule has 2 amide bonds. The lowest BCUT2D eigenvalue weighted by atomic mass is 9.92. The Morgan fingerprint density at radius 1 is 1.20 bits per heavy atom. The van der Waals surface area contributed by atoms with E-state index in [0.29, 0.717) is 11.6 Å². The normalized spacial score (nSPS) is 21.0. The van der Waals surface area contributed by atoms with Crippen LogP contribution in [0.5, 0.6) is 0 Å². The summed E-state index contributed by atoms with van der Waals surface area (Å²) in [6.07, 6.45) is 3.10. The minimum Gasteiger partial charge on any atom is -0.340 e. The number of hydrogen-bond acceptors (Lipinski definition) is 5. The van der Waals surface area contributed by atoms with Crippen LogP contribution in [-0.4, -0.2) is 34.4 Å². The van der Waals surface area contributed by atoms with Crippen LogP contribution in [-0.2, 0) is 9.59 Å². The summed E-state index contributed by atoms with van der Waals surface area (Å²) in [4.78, 5) is 47.6. The number of anilines is 3. The van der Waals surface area contributed by atoms with Crippen molar-refractivity contribution in [1.29, 1.82) is 0 Å². The van der Waals surface area contributed by atoms with Crippen molar-refractivity contribution in [3.05, 3.63) is 45.2 Å². The SMILES string of the molecule is Cc1ccc(NC(=O)[C@@H]2CC(=O)Nc3nc(N4CCCC[C@@H]4C)[nH]c(=O)c32)cc1C. The van der Waals surface area contributed by atoms with Crippen molar-refractivity contribution in [1.82, 2.24) is 9.97 Å². The molecule has 1 aromatic heterocycles. The predicted octanol–water partition coefficient (Wildman–Crippen LogP) is 2.83. The number of fused-ring (bicyclic) bond motifs is 1. The second-order valence-corrected chi connectivity index (χ2v) is 8.28. The van der Waals surface area contributed by atoms with Gasteiger partial charge in [-0.25, -0.2) is 0 Å². The summed E-state index contributed by atoms with van der Waals surface area (Å²) in [5.41, 5.74) is 2.64. The molecule has 4 rings (SSSR count). The highest BCUT2D eigenvalue weighted by molar-refractivity contribution is 6.04. The van der Waals surface area contributed by atoms with Crippen LogP contribution in [0.15, 0.2) is 23.0 Å². The average Bonchev–Trinajstić information content (AvgIpc) is 2.70. The van der Waals surface area contributed by atoms with Gasteiger partial charge in [-0.15, -0.1) is 0 Å². The van der Waals surface area contributed by atoms with Crippen LogP contribution < -0.4 is 21.1 Å². The summed E-state index contributed by atoms with van der Waals surface area (Å²) in [5.74, 6) is -0.969. The van der Waals surface area contributed by atoms with Crippen molar-refractivity contribution in [3.63, 3.8) is 0 Å². The fraction of sp³-hybridized carbons (Fsp3) is 0.455. The van der Waals surface area contributed by atoms with Gasteiger partial charge in [0.1, 0.15) is 5.82 Å². The van der Waals surface area contributed by atoms with E-state index in [2.05, 4.69) is 32.4 Å². The van der Waals surface area contributed by atoms with Crippen LogP contribution in [0.25, 0.3) is 0 Å². The molecule has 1 saturated heterocycles. The molecule has 0 aliphatic carbocycles. The van der Waals surface area contributed by atoms with E-state index in [0.717, 1.165) is 36.9 Å². The van der Waals surface area contributed by atoms with E-state index in [4.69, 9.17) is 0 Å². The molecule has 0 unspecified atom stereocenters. The maximum absolute atomic E-state index is 13.0. The van der Waals surface area contributed by atoms with Crippen LogP contribution in [0.4, 0.5) is 17.5 Å². The smallest absolute Gasteiger partial charge is 0.258 e. The molecule has 0 saturated carbocycles. The first-order chi connectivity index (χ1) is 14.3. The zero-order valence-corrected chi connectivity index (χ0v) is 17.5. The summed E-state index contributed by atoms with van der Waals surface area (Å²) < 4.78 is 0. The Morgan fingerprint density at radius 2 is 2.00 bits per heavy atom. The average molecular weight is 409 g/mol. The number of rotatable bonds is 3. The number of nitrogens with zero attached hydrogens (tertiary/aromatic N) is 2. The number of hydrogen-bond donors (Lipinski definition) is 3. The molecule has 1 aromatic carbocycles. The lowest BCUT2D eigenvalue weighted by Gasteiger charge is -2.34. The summed E-state index contributed by atoms with van der Waals surface area (Å²) >= 11 is 0. The lowest BCUT2D eigenvalue weighted by Crippen LogP contribution is -2.42. The lowest BCUT2D eigenvalue weighted by molar-refractivity contribution is -0.123. The number of H-pyrrole nitrogens is 1. The van der Waals surface area contributed by atoms with E-state index in [1.807, 2.05) is 32.0 Å². The van der Waals surface area contributed by atoms with Crippen LogP contribution >= 0.6 is 0 Å². The molecule has 2 atom stereocenters. The molecule has 2 aromatic rings. The molecule has 2 aliphatic rings. The van der Waals surface area contributed by atoms with Gasteiger partial charge in [0.2, 0.25) is 17.8 Å². The quantitative estimate of drug-likeness (QED) is 0.723. The number of carbonyl (C=O) groups is 2. The minimum atomic E-state index is -0.889. The molecule has 8 nitrogen and oxygen atoms in total. The molecular weight excluding hydrogens is 382 g/mol. The van der Waals surface area contributed by atoms with E-state index < -0.39 is 5.92 Å². The van der Waals surface area contributed by atoms with Crippen LogP contribution in [0.2, 0.25) is 0 Å². The van der Waals surface area contributed by atoms with E-state index in [1.54, 1.807) is 0 Å². The topological polar surface area (TPSA) is 107 Å². The summed E-state index contributed by atoms with van der Waals surface area (Å²) in [5, 5.41) is 5.53. The highest BCUT2D eigenvalue weighted by Gasteiger charge is 2.35. The van der Waals surface area contributed by atoms with Gasteiger partial charge in [-0.1, -0.05) is 6.07 Å². The van der Waals surface area contributed by atoms with Gasteiger partial charge in [0, 0.05) is 24.7 Å². The van der Waals surface area contributed by atoms with E-state index in [-0.39, 0.29) is 41.2 Å². The molecule has 2 aliphatic heterocycles. The van der Waals surface area contributed by atoms with Gasteiger partial charge in [0.05, 0.1) is 11.5 Å². The third-order valence-corrected chi connectivity index (χ3v) is 6.10. The first-order valence-electron chi connectivity index (χ1n) is 10.4. The number of amides is 2. The third-order valence-electron chi connectivity index (χ3n) is 6.10. The van der Waals surface area contributed by atoms with Crippen molar-refractivity contribution in [2.75, 3.05) is 22.1 Å². The molecule has 3 N–H and O–H groups in total. The standard InChI is InChI=1S/C22H27N5O3/c1-12-7-8-15(10-13(12)2)23-20(29)16-11-17(28)24-19-18(16)21(30)26-22(25-19)27-9-5-4-6-14(27)3/h7-8,10,14,16H,4-6,9,11H2,1-3H3,(H,23,29)(H2,24,25,26,28,30)/t14-,16+/m0/s1. The number of aromatic amines is 1. The van der Waals surface area contributed by atoms with Gasteiger partial charge in [0.25, 0.3) is 5.56 Å². The van der Waals surface area contributed by atoms with Gasteiger partial charge in [-0.05, 0) is 63.3 Å². The Hall–Kier alpha value is -3.16. The van der Waals surface area contributed by atoms with Gasteiger partial charge < -0.3 is 15.5 Å². The second-order valence-electron chi connectivity index (χ2n) is 8.28. The molecule has 0 radical (unpaired) electrons. The van der Waals surface area contributed by atoms with Gasteiger partial charge in [-0.2, -0.15) is 4.98 Å². The maximum atomic E-state index is 13.0. The monoisotopic (exact) mass is 409 g/mol. The summed E-state index contributed by atoms with van der Waals surface area (Å²) in [6.45, 7) is 6.85. The largest absolute Gasteiger partial charge is 0.340 e. The summed E-state index contributed by atoms with van der Waals surface area (Å²) in [7, 11) is 0. The van der Waals surface area contributed by atoms with E-state index in [1.165, 1.54) is 0 Å². The van der Waals surface area contributed by atoms with Crippen molar-refractivity contribution < 1.29 is 9.59 Å². The second kappa shape index (κ2) is 7.93. The molecular formula is C22H27N5O3. The maximum Gasteiger partial charge on any atom is 0.258 e. The van der Waals surface area contributed by atoms with Gasteiger partial charge in [-0.3, -0.25) is 19.4 Å². The minimum absolute atomic E-state index is 0.0894. The number of nitrogens with one attached hydrogen (secondary N) is 3. The highest BCUT2D eigenvalue weighted by Crippen LogP contribution is 2.31. The van der Waals surface area contributed by atoms with Crippen LogP contribution in [0.1, 0.15) is 55.2 Å². The Labute approximate surface area is 175 Å². The Morgan fingerprint density at radius 3 is 2.73 bits per heavy atom. The number of carbonyl (C=O) groups excluding carboxylic acids is 2. The molecule has 158 valence electrons. The first kappa shape index (κ1) is 20.1.